The van der Waals surface area contributed by atoms with Crippen LogP contribution in [0.25, 0.3) is 0 Å². The van der Waals surface area contributed by atoms with E-state index in [0.29, 0.717) is 0 Å². The van der Waals surface area contributed by atoms with Gasteiger partial charge in [0.05, 0.1) is 6.10 Å². The Hall–Kier alpha value is -0.0400. The minimum absolute atomic E-state index is 0.366. The monoisotopic (exact) mass is 128 g/mol. The van der Waals surface area contributed by atoms with Crippen molar-refractivity contribution in [3.63, 3.8) is 0 Å². The third-order valence-corrected chi connectivity index (χ3v) is 1.29. The Balaban J connectivity index is 2.75. The van der Waals surface area contributed by atoms with Crippen LogP contribution in [0.1, 0.15) is 32.1 Å². The summed E-state index contributed by atoms with van der Waals surface area (Å²) in [6, 6.07) is 0. The molecular weight excluding hydrogens is 112 g/mol. The van der Waals surface area contributed by atoms with E-state index in [4.69, 9.17) is 5.11 Å². The highest BCUT2D eigenvalue weighted by atomic mass is 16.3. The molecule has 0 aromatic carbocycles. The van der Waals surface area contributed by atoms with Gasteiger partial charge in [0.1, 0.15) is 0 Å². The van der Waals surface area contributed by atoms with E-state index in [-0.39, 0.29) is 6.10 Å². The molecule has 0 aromatic heterocycles. The van der Waals surface area contributed by atoms with Crippen LogP contribution in [-0.2, 0) is 0 Å². The fourth-order valence-electron chi connectivity index (χ4n) is 0.734. The molecule has 1 heteroatoms. The topological polar surface area (TPSA) is 20.2 Å². The fourth-order valence-corrected chi connectivity index (χ4v) is 0.734. The zero-order chi connectivity index (χ0) is 7.11. The Morgan fingerprint density at radius 1 is 1.22 bits per heavy atom. The summed E-state index contributed by atoms with van der Waals surface area (Å²) in [5.41, 5.74) is 0. The van der Waals surface area contributed by atoms with Crippen LogP contribution in [0.15, 0.2) is 0 Å². The molecule has 1 N–H and O–H groups in total. The van der Waals surface area contributed by atoms with Gasteiger partial charge in [-0.05, 0) is 13.3 Å². The fraction of sp³-hybridized carbons (Fsp3) is 0.750. The molecule has 0 aliphatic heterocycles. The molecule has 0 saturated carbocycles. The molecule has 0 aromatic rings. The van der Waals surface area contributed by atoms with E-state index in [9.17, 15) is 0 Å². The lowest BCUT2D eigenvalue weighted by atomic mass is 10.1. The zero-order valence-corrected chi connectivity index (χ0v) is 5.97. The molecule has 0 aliphatic rings. The molecule has 2 radical (unpaired) electrons. The van der Waals surface area contributed by atoms with E-state index < -0.39 is 0 Å². The minimum Gasteiger partial charge on any atom is -0.393 e. The largest absolute Gasteiger partial charge is 0.393 e. The minimum atomic E-state index is -0.366. The van der Waals surface area contributed by atoms with Crippen LogP contribution in [0.2, 0.25) is 0 Å². The van der Waals surface area contributed by atoms with Crippen molar-refractivity contribution in [2.24, 2.45) is 0 Å². The van der Waals surface area contributed by atoms with Crippen molar-refractivity contribution in [3.8, 4) is 0 Å². The highest BCUT2D eigenvalue weighted by Gasteiger charge is 1.93. The van der Waals surface area contributed by atoms with Crippen LogP contribution in [0.4, 0.5) is 0 Å². The van der Waals surface area contributed by atoms with Gasteiger partial charge in [-0.1, -0.05) is 32.6 Å². The Labute approximate surface area is 58.1 Å². The summed E-state index contributed by atoms with van der Waals surface area (Å²) < 4.78 is 0. The molecule has 0 amide bonds. The lowest BCUT2D eigenvalue weighted by molar-refractivity contribution is 0.205. The van der Waals surface area contributed by atoms with Crippen molar-refractivity contribution in [2.45, 2.75) is 38.2 Å². The highest BCUT2D eigenvalue weighted by molar-refractivity contribution is 4.56. The van der Waals surface area contributed by atoms with Gasteiger partial charge in [-0.2, -0.15) is 0 Å². The number of hydrogen-bond donors (Lipinski definition) is 1. The lowest BCUT2D eigenvalue weighted by Crippen LogP contribution is -1.98. The molecule has 1 nitrogen and oxygen atoms in total. The Morgan fingerprint density at radius 3 is 2.33 bits per heavy atom. The average molecular weight is 128 g/mol. The molecule has 0 bridgehead atoms. The first-order valence-corrected chi connectivity index (χ1v) is 3.57. The smallest absolute Gasteiger partial charge is 0.0541 e. The van der Waals surface area contributed by atoms with Gasteiger partial charge >= 0.3 is 0 Å². The third-order valence-electron chi connectivity index (χ3n) is 1.29. The first kappa shape index (κ1) is 8.96. The second kappa shape index (κ2) is 6.09. The van der Waals surface area contributed by atoms with Gasteiger partial charge in [0.25, 0.3) is 0 Å². The van der Waals surface area contributed by atoms with E-state index in [1.807, 2.05) is 0 Å². The molecule has 0 fully saturated rings. The summed E-state index contributed by atoms with van der Waals surface area (Å²) >= 11 is 0. The van der Waals surface area contributed by atoms with Crippen LogP contribution in [0.3, 0.4) is 0 Å². The average Bonchev–Trinajstić information content (AvgIpc) is 1.80. The van der Waals surface area contributed by atoms with E-state index >= 15 is 0 Å². The Kier molecular flexibility index (Phi) is 6.06. The zero-order valence-electron chi connectivity index (χ0n) is 5.97. The van der Waals surface area contributed by atoms with E-state index in [1.165, 1.54) is 12.8 Å². The number of hydrogen-bond acceptors (Lipinski definition) is 1. The van der Waals surface area contributed by atoms with Gasteiger partial charge in [-0.15, -0.1) is 0 Å². The summed E-state index contributed by atoms with van der Waals surface area (Å²) in [6.07, 6.45) is 4.91. The van der Waals surface area contributed by atoms with Gasteiger partial charge in [0.2, 0.25) is 0 Å². The molecular formula is C8H16O. The number of rotatable bonds is 5. The van der Waals surface area contributed by atoms with Crippen LogP contribution in [0.5, 0.6) is 0 Å². The van der Waals surface area contributed by atoms with Crippen molar-refractivity contribution in [1.29, 1.82) is 0 Å². The summed E-state index contributed by atoms with van der Waals surface area (Å²) in [5, 5.41) is 8.72. The summed E-state index contributed by atoms with van der Waals surface area (Å²) in [7, 11) is 0. The molecule has 0 heterocycles. The van der Waals surface area contributed by atoms with Gasteiger partial charge in [-0.25, -0.2) is 0 Å². The highest BCUT2D eigenvalue weighted by Crippen LogP contribution is 2.03. The predicted octanol–water partition coefficient (Wildman–Crippen LogP) is 1.97. The van der Waals surface area contributed by atoms with Gasteiger partial charge in [0, 0.05) is 0 Å². The van der Waals surface area contributed by atoms with Gasteiger partial charge in [0.15, 0.2) is 0 Å². The number of unbranched alkanes of at least 4 members (excludes halogenated alkanes) is 3. The Morgan fingerprint density at radius 2 is 1.89 bits per heavy atom. The van der Waals surface area contributed by atoms with E-state index in [2.05, 4.69) is 13.8 Å². The summed E-state index contributed by atoms with van der Waals surface area (Å²) in [4.78, 5) is 0. The summed E-state index contributed by atoms with van der Waals surface area (Å²) in [6.45, 7) is 7.20. The molecule has 0 saturated heterocycles. The lowest BCUT2D eigenvalue weighted by Gasteiger charge is -2.01. The van der Waals surface area contributed by atoms with Crippen LogP contribution >= 0.6 is 0 Å². The molecule has 0 aliphatic carbocycles. The van der Waals surface area contributed by atoms with Crippen LogP contribution in [-0.4, -0.2) is 11.2 Å². The van der Waals surface area contributed by atoms with Crippen LogP contribution < -0.4 is 0 Å². The van der Waals surface area contributed by atoms with Crippen molar-refractivity contribution in [1.82, 2.24) is 0 Å². The molecule has 9 heavy (non-hydrogen) atoms. The predicted molar refractivity (Wildman–Crippen MR) is 39.8 cm³/mol. The van der Waals surface area contributed by atoms with Crippen molar-refractivity contribution in [2.75, 3.05) is 0 Å². The Bertz CT molecular complexity index is 50.5. The maximum Gasteiger partial charge on any atom is 0.0541 e. The molecule has 1 unspecified atom stereocenters. The molecule has 0 rings (SSSR count). The van der Waals surface area contributed by atoms with Crippen molar-refractivity contribution >= 4 is 0 Å². The summed E-state index contributed by atoms with van der Waals surface area (Å²) in [5.74, 6) is 0. The normalized spacial score (nSPS) is 13.7. The van der Waals surface area contributed by atoms with Gasteiger partial charge < -0.3 is 5.11 Å². The molecule has 54 valence electrons. The van der Waals surface area contributed by atoms with E-state index in [0.717, 1.165) is 19.3 Å². The van der Waals surface area contributed by atoms with Gasteiger partial charge in [-0.3, -0.25) is 0 Å². The second-order valence-electron chi connectivity index (χ2n) is 2.36. The van der Waals surface area contributed by atoms with Crippen molar-refractivity contribution in [3.05, 3.63) is 13.8 Å². The molecule has 1 atom stereocenters. The molecule has 0 spiro atoms. The SMILES string of the molecule is [CH2]CCCCCC([CH2])O. The maximum atomic E-state index is 8.72. The quantitative estimate of drug-likeness (QED) is 0.561. The van der Waals surface area contributed by atoms with Crippen molar-refractivity contribution < 1.29 is 5.11 Å². The standard InChI is InChI=1S/C8H16O/c1-3-4-5-6-7-8(2)9/h8-9H,1-7H2. The number of aliphatic hydroxyl groups is 1. The first-order valence-electron chi connectivity index (χ1n) is 3.57. The second-order valence-corrected chi connectivity index (χ2v) is 2.36. The maximum absolute atomic E-state index is 8.72. The van der Waals surface area contributed by atoms with E-state index in [1.54, 1.807) is 0 Å². The number of aliphatic hydroxyl groups excluding tert-OH is 1. The first-order chi connectivity index (χ1) is 4.27. The third kappa shape index (κ3) is 7.96. The van der Waals surface area contributed by atoms with Crippen LogP contribution in [0, 0.1) is 13.8 Å².